The van der Waals surface area contributed by atoms with E-state index in [1.807, 2.05) is 6.92 Å². The Kier molecular flexibility index (Phi) is 2.13. The Hall–Kier alpha value is -0.570. The average molecular weight is 222 g/mol. The Morgan fingerprint density at radius 3 is 2.44 bits per heavy atom. The highest BCUT2D eigenvalue weighted by Gasteiger charge is 2.54. The highest BCUT2D eigenvalue weighted by molar-refractivity contribution is 5.86. The molecular weight excluding hydrogens is 200 g/mol. The standard InChI is InChI=1S/C13H22N2O/c1-12(14,9-2-3-9)11(16)15-8-13(6-7-13)10-4-5-10/h9-10H,2-8,14H2,1H3,(H,15,16). The van der Waals surface area contributed by atoms with Crippen molar-refractivity contribution >= 4 is 5.91 Å². The summed E-state index contributed by atoms with van der Waals surface area (Å²) in [4.78, 5) is 12.0. The number of nitrogens with two attached hydrogens (primary N) is 1. The van der Waals surface area contributed by atoms with Crippen LogP contribution in [-0.2, 0) is 4.79 Å². The van der Waals surface area contributed by atoms with Crippen molar-refractivity contribution in [2.45, 2.75) is 51.0 Å². The quantitative estimate of drug-likeness (QED) is 0.739. The Balaban J connectivity index is 1.52. The maximum Gasteiger partial charge on any atom is 0.240 e. The molecule has 0 aromatic heterocycles. The fourth-order valence-electron chi connectivity index (χ4n) is 2.90. The zero-order valence-corrected chi connectivity index (χ0v) is 10.1. The zero-order chi connectivity index (χ0) is 11.4. The maximum atomic E-state index is 12.0. The van der Waals surface area contributed by atoms with Crippen LogP contribution >= 0.6 is 0 Å². The summed E-state index contributed by atoms with van der Waals surface area (Å²) in [5.41, 5.74) is 5.95. The van der Waals surface area contributed by atoms with Gasteiger partial charge in [0.15, 0.2) is 0 Å². The molecule has 3 aliphatic rings. The average Bonchev–Trinajstić information content (AvgIpc) is 3.14. The van der Waals surface area contributed by atoms with Crippen molar-refractivity contribution in [2.24, 2.45) is 23.0 Å². The van der Waals surface area contributed by atoms with Gasteiger partial charge in [0.1, 0.15) is 0 Å². The Bertz CT molecular complexity index is 312. The van der Waals surface area contributed by atoms with Crippen LogP contribution in [0.3, 0.4) is 0 Å². The van der Waals surface area contributed by atoms with Gasteiger partial charge in [0.2, 0.25) is 5.91 Å². The molecule has 0 aromatic rings. The fourth-order valence-corrected chi connectivity index (χ4v) is 2.90. The maximum absolute atomic E-state index is 12.0. The second kappa shape index (κ2) is 3.22. The molecule has 0 heterocycles. The monoisotopic (exact) mass is 222 g/mol. The van der Waals surface area contributed by atoms with Gasteiger partial charge in [-0.3, -0.25) is 4.79 Å². The van der Waals surface area contributed by atoms with E-state index in [1.54, 1.807) is 0 Å². The van der Waals surface area contributed by atoms with Gasteiger partial charge in [-0.25, -0.2) is 0 Å². The predicted octanol–water partition coefficient (Wildman–Crippen LogP) is 1.42. The summed E-state index contributed by atoms with van der Waals surface area (Å²) in [5, 5.41) is 3.10. The molecular formula is C13H22N2O. The van der Waals surface area contributed by atoms with Crippen LogP contribution in [0.5, 0.6) is 0 Å². The van der Waals surface area contributed by atoms with Crippen molar-refractivity contribution in [1.29, 1.82) is 0 Å². The molecule has 1 atom stereocenters. The summed E-state index contributed by atoms with van der Waals surface area (Å²) >= 11 is 0. The van der Waals surface area contributed by atoms with Crippen molar-refractivity contribution < 1.29 is 4.79 Å². The van der Waals surface area contributed by atoms with Crippen molar-refractivity contribution in [3.05, 3.63) is 0 Å². The summed E-state index contributed by atoms with van der Waals surface area (Å²) in [6.07, 6.45) is 7.60. The van der Waals surface area contributed by atoms with Crippen molar-refractivity contribution in [3.8, 4) is 0 Å². The molecule has 0 saturated heterocycles. The molecule has 3 fully saturated rings. The summed E-state index contributed by atoms with van der Waals surface area (Å²) in [6.45, 7) is 2.76. The summed E-state index contributed by atoms with van der Waals surface area (Å²) in [5.74, 6) is 1.39. The molecule has 0 radical (unpaired) electrons. The number of hydrogen-bond donors (Lipinski definition) is 2. The van der Waals surface area contributed by atoms with Gasteiger partial charge in [0, 0.05) is 6.54 Å². The van der Waals surface area contributed by atoms with Crippen molar-refractivity contribution in [2.75, 3.05) is 6.54 Å². The lowest BCUT2D eigenvalue weighted by Gasteiger charge is -2.25. The van der Waals surface area contributed by atoms with E-state index < -0.39 is 5.54 Å². The summed E-state index contributed by atoms with van der Waals surface area (Å²) in [6, 6.07) is 0. The number of hydrogen-bond acceptors (Lipinski definition) is 2. The van der Waals surface area contributed by atoms with Crippen LogP contribution in [0.25, 0.3) is 0 Å². The number of rotatable bonds is 5. The van der Waals surface area contributed by atoms with Crippen molar-refractivity contribution in [1.82, 2.24) is 5.32 Å². The second-order valence-electron chi connectivity index (χ2n) is 6.38. The minimum Gasteiger partial charge on any atom is -0.354 e. The van der Waals surface area contributed by atoms with Crippen LogP contribution in [-0.4, -0.2) is 18.0 Å². The number of carbonyl (C=O) groups is 1. The lowest BCUT2D eigenvalue weighted by molar-refractivity contribution is -0.126. The summed E-state index contributed by atoms with van der Waals surface area (Å²) in [7, 11) is 0. The van der Waals surface area contributed by atoms with Crippen LogP contribution in [0.2, 0.25) is 0 Å². The van der Waals surface area contributed by atoms with E-state index in [9.17, 15) is 4.79 Å². The van der Waals surface area contributed by atoms with Crippen LogP contribution in [0.1, 0.15) is 45.4 Å². The largest absolute Gasteiger partial charge is 0.354 e. The third kappa shape index (κ3) is 1.75. The van der Waals surface area contributed by atoms with Gasteiger partial charge >= 0.3 is 0 Å². The molecule has 90 valence electrons. The van der Waals surface area contributed by atoms with E-state index in [2.05, 4.69) is 5.32 Å². The van der Waals surface area contributed by atoms with Gasteiger partial charge in [-0.1, -0.05) is 0 Å². The highest BCUT2D eigenvalue weighted by Crippen LogP contribution is 2.60. The first-order chi connectivity index (χ1) is 7.55. The molecule has 3 aliphatic carbocycles. The molecule has 1 amide bonds. The molecule has 1 unspecified atom stereocenters. The molecule has 3 saturated carbocycles. The SMILES string of the molecule is CC(N)(C(=O)NCC1(C2CC2)CC1)C1CC1. The van der Waals surface area contributed by atoms with E-state index >= 15 is 0 Å². The van der Waals surface area contributed by atoms with E-state index in [0.29, 0.717) is 11.3 Å². The van der Waals surface area contributed by atoms with E-state index in [1.165, 1.54) is 25.7 Å². The number of carbonyl (C=O) groups excluding carboxylic acids is 1. The zero-order valence-electron chi connectivity index (χ0n) is 10.1. The van der Waals surface area contributed by atoms with Gasteiger partial charge in [0.05, 0.1) is 5.54 Å². The van der Waals surface area contributed by atoms with Gasteiger partial charge in [-0.15, -0.1) is 0 Å². The minimum atomic E-state index is -0.625. The van der Waals surface area contributed by atoms with E-state index in [-0.39, 0.29) is 5.91 Å². The minimum absolute atomic E-state index is 0.0712. The van der Waals surface area contributed by atoms with Crippen LogP contribution in [0.15, 0.2) is 0 Å². The Labute approximate surface area is 97.2 Å². The third-order valence-corrected chi connectivity index (χ3v) is 4.85. The molecule has 0 bridgehead atoms. The number of nitrogens with one attached hydrogen (secondary N) is 1. The topological polar surface area (TPSA) is 55.1 Å². The molecule has 16 heavy (non-hydrogen) atoms. The highest BCUT2D eigenvalue weighted by atomic mass is 16.2. The van der Waals surface area contributed by atoms with Crippen LogP contribution in [0.4, 0.5) is 0 Å². The van der Waals surface area contributed by atoms with Gasteiger partial charge < -0.3 is 11.1 Å². The fraction of sp³-hybridized carbons (Fsp3) is 0.923. The smallest absolute Gasteiger partial charge is 0.240 e. The Morgan fingerprint density at radius 2 is 2.00 bits per heavy atom. The molecule has 0 spiro atoms. The van der Waals surface area contributed by atoms with Crippen LogP contribution < -0.4 is 11.1 Å². The molecule has 3 nitrogen and oxygen atoms in total. The first kappa shape index (κ1) is 10.6. The lowest BCUT2D eigenvalue weighted by Crippen LogP contribution is -2.54. The number of amides is 1. The molecule has 0 aromatic carbocycles. The normalized spacial score (nSPS) is 30.6. The molecule has 3 N–H and O–H groups in total. The van der Waals surface area contributed by atoms with Crippen molar-refractivity contribution in [3.63, 3.8) is 0 Å². The molecule has 3 heteroatoms. The van der Waals surface area contributed by atoms with E-state index in [4.69, 9.17) is 5.73 Å². The molecule has 0 aliphatic heterocycles. The Morgan fingerprint density at radius 1 is 1.38 bits per heavy atom. The first-order valence-electron chi connectivity index (χ1n) is 6.62. The second-order valence-corrected chi connectivity index (χ2v) is 6.38. The van der Waals surface area contributed by atoms with Gasteiger partial charge in [0.25, 0.3) is 0 Å². The van der Waals surface area contributed by atoms with Gasteiger partial charge in [-0.2, -0.15) is 0 Å². The van der Waals surface area contributed by atoms with E-state index in [0.717, 1.165) is 25.3 Å². The first-order valence-corrected chi connectivity index (χ1v) is 6.62. The lowest BCUT2D eigenvalue weighted by atomic mass is 9.95. The summed E-state index contributed by atoms with van der Waals surface area (Å²) < 4.78 is 0. The van der Waals surface area contributed by atoms with Gasteiger partial charge in [-0.05, 0) is 62.7 Å². The predicted molar refractivity (Wildman–Crippen MR) is 62.7 cm³/mol. The molecule has 3 rings (SSSR count). The van der Waals surface area contributed by atoms with Crippen LogP contribution in [0, 0.1) is 17.3 Å². The third-order valence-electron chi connectivity index (χ3n) is 4.85.